The molecule has 1 aromatic rings. The molecule has 26 heavy (non-hydrogen) atoms. The van der Waals surface area contributed by atoms with E-state index in [9.17, 15) is 9.59 Å². The third kappa shape index (κ3) is 7.05. The molecule has 2 rings (SSSR count). The van der Waals surface area contributed by atoms with E-state index in [4.69, 9.17) is 25.6 Å². The number of aromatic nitrogens is 2. The van der Waals surface area contributed by atoms with Gasteiger partial charge in [0.2, 0.25) is 0 Å². The Labute approximate surface area is 168 Å². The average molecular weight is 498 g/mol. The maximum Gasteiger partial charge on any atom is 0.330 e. The molecule has 1 aliphatic heterocycles. The van der Waals surface area contributed by atoms with Crippen molar-refractivity contribution in [3.8, 4) is 12.3 Å². The first-order valence-corrected chi connectivity index (χ1v) is 11.3. The summed E-state index contributed by atoms with van der Waals surface area (Å²) in [6, 6.07) is 1.27. The molecule has 10 heteroatoms. The molecule has 1 aromatic heterocycles. The molecule has 0 radical (unpaired) electrons. The summed E-state index contributed by atoms with van der Waals surface area (Å²) in [5, 5.41) is 17.4. The lowest BCUT2D eigenvalue weighted by atomic mass is 10.0. The number of hydrogen-bond acceptors (Lipinski definition) is 7. The lowest BCUT2D eigenvalue weighted by molar-refractivity contribution is -0.163. The number of aliphatic hydroxyl groups is 2. The van der Waals surface area contributed by atoms with E-state index < -0.39 is 23.3 Å². The van der Waals surface area contributed by atoms with Crippen molar-refractivity contribution in [2.45, 2.75) is 51.2 Å². The minimum Gasteiger partial charge on any atom is -0.366 e. The van der Waals surface area contributed by atoms with Crippen molar-refractivity contribution in [3.63, 3.8) is 0 Å². The molecule has 1 saturated heterocycles. The predicted molar refractivity (Wildman–Crippen MR) is 107 cm³/mol. The van der Waals surface area contributed by atoms with Crippen molar-refractivity contribution in [1.82, 2.24) is 9.55 Å². The van der Waals surface area contributed by atoms with Gasteiger partial charge in [-0.1, -0.05) is 19.8 Å². The first-order valence-electron chi connectivity index (χ1n) is 8.06. The van der Waals surface area contributed by atoms with Gasteiger partial charge in [0.15, 0.2) is 12.0 Å². The Morgan fingerprint density at radius 3 is 2.62 bits per heavy atom. The Morgan fingerprint density at radius 1 is 1.50 bits per heavy atom. The standard InChI is InChI=1S/C11H11IN2O4S.C5H12O2/c1-2-7-5-8(6-17-19-12)18-10(7)14-4-3-9(15)13-11(14)16;1-3-5(6,7)4-2/h1,3-4,7-8,10H,5-6H2,(H,13,15,16);6-7H,3-4H2,1-2H3. The second kappa shape index (κ2) is 11.1. The van der Waals surface area contributed by atoms with E-state index in [1.165, 1.54) is 26.0 Å². The van der Waals surface area contributed by atoms with E-state index >= 15 is 0 Å². The van der Waals surface area contributed by atoms with Gasteiger partial charge in [-0.3, -0.25) is 14.3 Å². The van der Waals surface area contributed by atoms with Crippen molar-refractivity contribution >= 4 is 30.4 Å². The molecular formula is C16H23IN2O6S. The number of ether oxygens (including phenoxy) is 1. The molecule has 0 aromatic carbocycles. The molecule has 1 fully saturated rings. The lowest BCUT2D eigenvalue weighted by Crippen LogP contribution is -2.33. The van der Waals surface area contributed by atoms with Crippen LogP contribution < -0.4 is 11.2 Å². The zero-order chi connectivity index (χ0) is 19.7. The van der Waals surface area contributed by atoms with Crippen LogP contribution >= 0.6 is 30.4 Å². The van der Waals surface area contributed by atoms with Crippen LogP contribution in [0.3, 0.4) is 0 Å². The molecule has 146 valence electrons. The summed E-state index contributed by atoms with van der Waals surface area (Å²) in [7, 11) is 1.22. The Kier molecular flexibility index (Phi) is 9.91. The van der Waals surface area contributed by atoms with Crippen molar-refractivity contribution in [3.05, 3.63) is 33.1 Å². The third-order valence-corrected chi connectivity index (χ3v) is 4.95. The zero-order valence-corrected chi connectivity index (χ0v) is 17.5. The molecule has 1 aliphatic rings. The molecule has 3 N–H and O–H groups in total. The van der Waals surface area contributed by atoms with Crippen LogP contribution in [-0.4, -0.2) is 38.3 Å². The summed E-state index contributed by atoms with van der Waals surface area (Å²) in [6.07, 6.45) is 7.56. The molecule has 0 amide bonds. The minimum absolute atomic E-state index is 0.160. The number of H-pyrrole nitrogens is 1. The number of halogens is 1. The molecular weight excluding hydrogens is 475 g/mol. The fourth-order valence-electron chi connectivity index (χ4n) is 2.24. The highest BCUT2D eigenvalue weighted by Gasteiger charge is 2.36. The zero-order valence-electron chi connectivity index (χ0n) is 14.6. The van der Waals surface area contributed by atoms with Crippen molar-refractivity contribution in [2.75, 3.05) is 6.61 Å². The quantitative estimate of drug-likeness (QED) is 0.236. The maximum absolute atomic E-state index is 11.7. The first kappa shape index (κ1) is 23.2. The Hall–Kier alpha value is -0.840. The van der Waals surface area contributed by atoms with Crippen molar-refractivity contribution in [1.29, 1.82) is 0 Å². The molecule has 0 saturated carbocycles. The van der Waals surface area contributed by atoms with Gasteiger partial charge in [-0.15, -0.1) is 6.42 Å². The summed E-state index contributed by atoms with van der Waals surface area (Å²) >= 11 is 2.02. The monoisotopic (exact) mass is 498 g/mol. The highest BCUT2D eigenvalue weighted by molar-refractivity contribution is 14.2. The van der Waals surface area contributed by atoms with Crippen LogP contribution in [-0.2, 0) is 8.92 Å². The lowest BCUT2D eigenvalue weighted by Gasteiger charge is -2.17. The van der Waals surface area contributed by atoms with Crippen molar-refractivity contribution in [2.24, 2.45) is 5.92 Å². The number of hydrogen-bond donors (Lipinski definition) is 3. The highest BCUT2D eigenvalue weighted by atomic mass is 127. The number of aromatic amines is 1. The van der Waals surface area contributed by atoms with Crippen LogP contribution in [0.1, 0.15) is 39.3 Å². The Balaban J connectivity index is 0.000000412. The van der Waals surface area contributed by atoms with Crippen LogP contribution in [0.2, 0.25) is 0 Å². The van der Waals surface area contributed by atoms with Crippen LogP contribution in [0.5, 0.6) is 0 Å². The minimum atomic E-state index is -1.42. The van der Waals surface area contributed by atoms with Gasteiger partial charge in [0.25, 0.3) is 5.56 Å². The Bertz CT molecular complexity index is 708. The van der Waals surface area contributed by atoms with Gasteiger partial charge in [0.05, 0.1) is 27.8 Å². The number of rotatable bonds is 6. The molecule has 3 atom stereocenters. The van der Waals surface area contributed by atoms with E-state index in [1.54, 1.807) is 13.8 Å². The third-order valence-electron chi connectivity index (χ3n) is 3.96. The van der Waals surface area contributed by atoms with E-state index in [-0.39, 0.29) is 12.0 Å². The maximum atomic E-state index is 11.7. The van der Waals surface area contributed by atoms with Gasteiger partial charge < -0.3 is 19.1 Å². The smallest absolute Gasteiger partial charge is 0.330 e. The van der Waals surface area contributed by atoms with Crippen LogP contribution in [0.15, 0.2) is 21.9 Å². The fraction of sp³-hybridized carbons (Fsp3) is 0.625. The normalized spacial score (nSPS) is 22.4. The predicted octanol–water partition coefficient (Wildman–Crippen LogP) is 1.58. The van der Waals surface area contributed by atoms with Gasteiger partial charge in [-0.2, -0.15) is 0 Å². The van der Waals surface area contributed by atoms with Gasteiger partial charge in [0, 0.05) is 33.5 Å². The first-order chi connectivity index (χ1) is 12.3. The van der Waals surface area contributed by atoms with E-state index in [1.807, 2.05) is 21.2 Å². The second-order valence-corrected chi connectivity index (χ2v) is 7.15. The fourth-order valence-corrected chi connectivity index (χ4v) is 2.89. The van der Waals surface area contributed by atoms with Crippen LogP contribution in [0.25, 0.3) is 0 Å². The molecule has 2 heterocycles. The summed E-state index contributed by atoms with van der Waals surface area (Å²) in [5.41, 5.74) is -0.972. The van der Waals surface area contributed by atoms with Gasteiger partial charge in [-0.25, -0.2) is 4.79 Å². The Morgan fingerprint density at radius 2 is 2.15 bits per heavy atom. The summed E-state index contributed by atoms with van der Waals surface area (Å²) in [5.74, 6) is 0.978. The van der Waals surface area contributed by atoms with Gasteiger partial charge >= 0.3 is 5.69 Å². The average Bonchev–Trinajstić information content (AvgIpc) is 3.03. The molecule has 8 nitrogen and oxygen atoms in total. The number of nitrogens with zero attached hydrogens (tertiary/aromatic N) is 1. The number of terminal acetylenes is 1. The highest BCUT2D eigenvalue weighted by Crippen LogP contribution is 2.33. The number of nitrogens with one attached hydrogen (secondary N) is 1. The van der Waals surface area contributed by atoms with E-state index in [0.29, 0.717) is 25.9 Å². The van der Waals surface area contributed by atoms with Crippen LogP contribution in [0, 0.1) is 18.3 Å². The van der Waals surface area contributed by atoms with Gasteiger partial charge in [0.1, 0.15) is 0 Å². The SMILES string of the molecule is C#CC1CC(COSI)OC1n1ccc(=O)[nH]c1=O.CCC(O)(O)CC. The molecule has 0 bridgehead atoms. The largest absolute Gasteiger partial charge is 0.366 e. The van der Waals surface area contributed by atoms with Crippen molar-refractivity contribution < 1.29 is 19.1 Å². The molecule has 3 unspecified atom stereocenters. The summed E-state index contributed by atoms with van der Waals surface area (Å²) in [6.45, 7) is 3.88. The molecule has 0 aliphatic carbocycles. The van der Waals surface area contributed by atoms with Gasteiger partial charge in [-0.05, 0) is 19.3 Å². The second-order valence-electron chi connectivity index (χ2n) is 5.71. The summed E-state index contributed by atoms with van der Waals surface area (Å²) in [4.78, 5) is 25.0. The van der Waals surface area contributed by atoms with E-state index in [0.717, 1.165) is 0 Å². The van der Waals surface area contributed by atoms with E-state index in [2.05, 4.69) is 10.9 Å². The topological polar surface area (TPSA) is 114 Å². The van der Waals surface area contributed by atoms with Crippen LogP contribution in [0.4, 0.5) is 0 Å². The molecule has 0 spiro atoms. The summed E-state index contributed by atoms with van der Waals surface area (Å²) < 4.78 is 12.2.